The van der Waals surface area contributed by atoms with E-state index in [9.17, 15) is 4.79 Å². The zero-order valence-corrected chi connectivity index (χ0v) is 9.42. The summed E-state index contributed by atoms with van der Waals surface area (Å²) in [6.45, 7) is 5.97. The first-order valence-corrected chi connectivity index (χ1v) is 5.29. The summed E-state index contributed by atoms with van der Waals surface area (Å²) in [7, 11) is 2.07. The minimum Gasteiger partial charge on any atom is -0.329 e. The Hall–Kier alpha value is -1.13. The highest BCUT2D eigenvalue weighted by Crippen LogP contribution is 1.97. The van der Waals surface area contributed by atoms with Crippen molar-refractivity contribution in [3.8, 4) is 0 Å². The van der Waals surface area contributed by atoms with Gasteiger partial charge in [-0.1, -0.05) is 13.0 Å². The van der Waals surface area contributed by atoms with Crippen LogP contribution in [0.2, 0.25) is 0 Å². The van der Waals surface area contributed by atoms with E-state index < -0.39 is 0 Å². The minimum atomic E-state index is -0.0472. The largest absolute Gasteiger partial charge is 0.329 e. The van der Waals surface area contributed by atoms with Crippen molar-refractivity contribution in [1.29, 1.82) is 0 Å². The first-order chi connectivity index (χ1) is 7.22. The highest BCUT2D eigenvalue weighted by Gasteiger charge is 1.99. The molecule has 4 nitrogen and oxygen atoms in total. The predicted octanol–water partition coefficient (Wildman–Crippen LogP) is 0.416. The molecule has 0 amide bonds. The van der Waals surface area contributed by atoms with Gasteiger partial charge < -0.3 is 15.2 Å². The summed E-state index contributed by atoms with van der Waals surface area (Å²) < 4.78 is 0. The predicted molar refractivity (Wildman–Crippen MR) is 61.9 cm³/mol. The SMILES string of the molecule is CCNCCN(C)Cc1ccc(=O)[nH]c1. The second kappa shape index (κ2) is 6.37. The fourth-order valence-corrected chi connectivity index (χ4v) is 1.38. The summed E-state index contributed by atoms with van der Waals surface area (Å²) in [5.74, 6) is 0. The van der Waals surface area contributed by atoms with E-state index in [4.69, 9.17) is 0 Å². The number of aromatic amines is 1. The van der Waals surface area contributed by atoms with Crippen LogP contribution in [0.3, 0.4) is 0 Å². The molecule has 0 saturated heterocycles. The lowest BCUT2D eigenvalue weighted by molar-refractivity contribution is 0.325. The van der Waals surface area contributed by atoms with E-state index in [0.29, 0.717) is 0 Å². The number of pyridine rings is 1. The summed E-state index contributed by atoms with van der Waals surface area (Å²) in [5.41, 5.74) is 1.09. The van der Waals surface area contributed by atoms with Crippen molar-refractivity contribution in [2.75, 3.05) is 26.7 Å². The molecule has 0 spiro atoms. The van der Waals surface area contributed by atoms with E-state index in [1.165, 1.54) is 0 Å². The quantitative estimate of drug-likeness (QED) is 0.667. The molecule has 1 heterocycles. The zero-order valence-electron chi connectivity index (χ0n) is 9.42. The van der Waals surface area contributed by atoms with E-state index in [-0.39, 0.29) is 5.56 Å². The van der Waals surface area contributed by atoms with Crippen LogP contribution < -0.4 is 10.9 Å². The molecular formula is C11H19N3O. The first kappa shape index (κ1) is 11.9. The number of rotatable bonds is 6. The van der Waals surface area contributed by atoms with E-state index in [0.717, 1.165) is 31.7 Å². The Morgan fingerprint density at radius 1 is 1.47 bits per heavy atom. The first-order valence-electron chi connectivity index (χ1n) is 5.29. The molecule has 15 heavy (non-hydrogen) atoms. The van der Waals surface area contributed by atoms with Crippen molar-refractivity contribution in [2.45, 2.75) is 13.5 Å². The van der Waals surface area contributed by atoms with E-state index in [1.807, 2.05) is 6.07 Å². The number of H-pyrrole nitrogens is 1. The molecule has 2 N–H and O–H groups in total. The van der Waals surface area contributed by atoms with Crippen molar-refractivity contribution >= 4 is 0 Å². The van der Waals surface area contributed by atoms with E-state index >= 15 is 0 Å². The van der Waals surface area contributed by atoms with Crippen LogP contribution >= 0.6 is 0 Å². The van der Waals surface area contributed by atoms with Gasteiger partial charge >= 0.3 is 0 Å². The Kier molecular flexibility index (Phi) is 5.07. The third-order valence-electron chi connectivity index (χ3n) is 2.22. The van der Waals surface area contributed by atoms with Crippen LogP contribution in [0.1, 0.15) is 12.5 Å². The van der Waals surface area contributed by atoms with Crippen LogP contribution in [-0.2, 0) is 6.54 Å². The fourth-order valence-electron chi connectivity index (χ4n) is 1.38. The van der Waals surface area contributed by atoms with Gasteiger partial charge in [0.15, 0.2) is 0 Å². The average Bonchev–Trinajstić information content (AvgIpc) is 2.22. The molecule has 0 unspecified atom stereocenters. The Morgan fingerprint density at radius 3 is 2.87 bits per heavy atom. The maximum absolute atomic E-state index is 10.8. The number of hydrogen-bond acceptors (Lipinski definition) is 3. The highest BCUT2D eigenvalue weighted by atomic mass is 16.1. The molecule has 0 aliphatic rings. The molecule has 0 aliphatic heterocycles. The molecule has 0 bridgehead atoms. The molecule has 0 saturated carbocycles. The van der Waals surface area contributed by atoms with Gasteiger partial charge in [-0.2, -0.15) is 0 Å². The van der Waals surface area contributed by atoms with Crippen LogP contribution in [0, 0.1) is 0 Å². The van der Waals surface area contributed by atoms with Gasteiger partial charge in [0.05, 0.1) is 0 Å². The number of likely N-dealkylation sites (N-methyl/N-ethyl adjacent to an activating group) is 2. The van der Waals surface area contributed by atoms with Crippen molar-refractivity contribution in [1.82, 2.24) is 15.2 Å². The maximum Gasteiger partial charge on any atom is 0.247 e. The van der Waals surface area contributed by atoms with Gasteiger partial charge in [0.25, 0.3) is 0 Å². The Balaban J connectivity index is 2.34. The topological polar surface area (TPSA) is 48.1 Å². The molecule has 0 radical (unpaired) electrons. The average molecular weight is 209 g/mol. The summed E-state index contributed by atoms with van der Waals surface area (Å²) in [6, 6.07) is 3.43. The second-order valence-corrected chi connectivity index (χ2v) is 3.65. The van der Waals surface area contributed by atoms with Gasteiger partial charge in [0.2, 0.25) is 5.56 Å². The number of nitrogens with zero attached hydrogens (tertiary/aromatic N) is 1. The van der Waals surface area contributed by atoms with Crippen molar-refractivity contribution in [3.63, 3.8) is 0 Å². The Labute approximate surface area is 90.3 Å². The summed E-state index contributed by atoms with van der Waals surface area (Å²) in [5, 5.41) is 3.27. The minimum absolute atomic E-state index is 0.0472. The smallest absolute Gasteiger partial charge is 0.247 e. The van der Waals surface area contributed by atoms with Gasteiger partial charge in [-0.05, 0) is 19.2 Å². The number of aromatic nitrogens is 1. The summed E-state index contributed by atoms with van der Waals surface area (Å²) in [4.78, 5) is 15.7. The van der Waals surface area contributed by atoms with Crippen LogP contribution in [-0.4, -0.2) is 36.6 Å². The van der Waals surface area contributed by atoms with Gasteiger partial charge in [-0.15, -0.1) is 0 Å². The molecule has 0 fully saturated rings. The maximum atomic E-state index is 10.8. The van der Waals surface area contributed by atoms with Crippen LogP contribution in [0.15, 0.2) is 23.1 Å². The second-order valence-electron chi connectivity index (χ2n) is 3.65. The molecule has 1 aromatic heterocycles. The lowest BCUT2D eigenvalue weighted by Gasteiger charge is -2.16. The van der Waals surface area contributed by atoms with E-state index in [1.54, 1.807) is 12.3 Å². The zero-order chi connectivity index (χ0) is 11.1. The third kappa shape index (κ3) is 4.76. The van der Waals surface area contributed by atoms with Crippen molar-refractivity contribution in [2.24, 2.45) is 0 Å². The molecule has 0 atom stereocenters. The third-order valence-corrected chi connectivity index (χ3v) is 2.22. The lowest BCUT2D eigenvalue weighted by atomic mass is 10.3. The van der Waals surface area contributed by atoms with Crippen LogP contribution in [0.4, 0.5) is 0 Å². The van der Waals surface area contributed by atoms with Crippen molar-refractivity contribution < 1.29 is 0 Å². The summed E-state index contributed by atoms with van der Waals surface area (Å²) >= 11 is 0. The highest BCUT2D eigenvalue weighted by molar-refractivity contribution is 5.08. The fraction of sp³-hybridized carbons (Fsp3) is 0.545. The lowest BCUT2D eigenvalue weighted by Crippen LogP contribution is -2.28. The van der Waals surface area contributed by atoms with Crippen LogP contribution in [0.25, 0.3) is 0 Å². The molecule has 0 aromatic carbocycles. The van der Waals surface area contributed by atoms with Gasteiger partial charge in [0, 0.05) is 31.9 Å². The Morgan fingerprint density at radius 2 is 2.27 bits per heavy atom. The standard InChI is InChI=1S/C11H19N3O/c1-3-12-6-7-14(2)9-10-4-5-11(15)13-8-10/h4-5,8,12H,3,6-7,9H2,1-2H3,(H,13,15). The molecule has 1 rings (SSSR count). The molecule has 1 aromatic rings. The van der Waals surface area contributed by atoms with E-state index in [2.05, 4.69) is 29.2 Å². The monoisotopic (exact) mass is 209 g/mol. The van der Waals surface area contributed by atoms with Crippen molar-refractivity contribution in [3.05, 3.63) is 34.2 Å². The van der Waals surface area contributed by atoms with Crippen LogP contribution in [0.5, 0.6) is 0 Å². The normalized spacial score (nSPS) is 10.9. The number of nitrogens with one attached hydrogen (secondary N) is 2. The number of hydrogen-bond donors (Lipinski definition) is 2. The molecule has 84 valence electrons. The van der Waals surface area contributed by atoms with Gasteiger partial charge in [0.1, 0.15) is 0 Å². The molecule has 4 heteroatoms. The molecule has 0 aliphatic carbocycles. The van der Waals surface area contributed by atoms with Gasteiger partial charge in [-0.3, -0.25) is 4.79 Å². The Bertz CT molecular complexity index is 314. The molecular weight excluding hydrogens is 190 g/mol. The summed E-state index contributed by atoms with van der Waals surface area (Å²) in [6.07, 6.45) is 1.77. The van der Waals surface area contributed by atoms with Gasteiger partial charge in [-0.25, -0.2) is 0 Å².